The molecular weight excluding hydrogens is 260 g/mol. The van der Waals surface area contributed by atoms with E-state index in [0.717, 1.165) is 34.0 Å². The van der Waals surface area contributed by atoms with Gasteiger partial charge in [-0.2, -0.15) is 0 Å². The zero-order chi connectivity index (χ0) is 14.2. The normalized spacial score (nSPS) is 20.6. The van der Waals surface area contributed by atoms with Crippen LogP contribution in [0.1, 0.15) is 30.8 Å². The summed E-state index contributed by atoms with van der Waals surface area (Å²) in [4.78, 5) is 4.38. The Bertz CT molecular complexity index is 772. The van der Waals surface area contributed by atoms with Crippen molar-refractivity contribution in [3.8, 4) is 0 Å². The minimum Gasteiger partial charge on any atom is -0.464 e. The first kappa shape index (κ1) is 12.5. The molecule has 0 bridgehead atoms. The van der Waals surface area contributed by atoms with E-state index in [-0.39, 0.29) is 0 Å². The molecule has 2 aromatic heterocycles. The van der Waals surface area contributed by atoms with Gasteiger partial charge in [0.15, 0.2) is 0 Å². The van der Waals surface area contributed by atoms with Crippen LogP contribution in [-0.4, -0.2) is 4.98 Å². The first-order valence-electron chi connectivity index (χ1n) is 7.47. The van der Waals surface area contributed by atoms with Crippen molar-refractivity contribution in [2.75, 3.05) is 5.32 Å². The number of furan rings is 1. The van der Waals surface area contributed by atoms with Crippen LogP contribution in [0, 0.1) is 5.92 Å². The number of benzene rings is 1. The second-order valence-electron chi connectivity index (χ2n) is 5.85. The maximum atomic E-state index is 5.93. The molecule has 1 N–H and O–H groups in total. The lowest BCUT2D eigenvalue weighted by atomic mass is 10.2. The molecule has 1 aromatic carbocycles. The predicted octanol–water partition coefficient (Wildman–Crippen LogP) is 4.56. The summed E-state index contributed by atoms with van der Waals surface area (Å²) < 4.78 is 5.93. The van der Waals surface area contributed by atoms with Gasteiger partial charge in [-0.15, -0.1) is 0 Å². The third-order valence-corrected chi connectivity index (χ3v) is 4.26. The molecule has 1 aliphatic carbocycles. The van der Waals surface area contributed by atoms with Crippen molar-refractivity contribution in [1.82, 2.24) is 4.98 Å². The summed E-state index contributed by atoms with van der Waals surface area (Å²) in [5.74, 6) is 3.55. The van der Waals surface area contributed by atoms with E-state index in [0.29, 0.717) is 12.5 Å². The largest absolute Gasteiger partial charge is 0.464 e. The van der Waals surface area contributed by atoms with Gasteiger partial charge in [0.1, 0.15) is 11.5 Å². The van der Waals surface area contributed by atoms with E-state index in [4.69, 9.17) is 4.42 Å². The Hall–Kier alpha value is -2.29. The van der Waals surface area contributed by atoms with Gasteiger partial charge >= 0.3 is 0 Å². The van der Waals surface area contributed by atoms with Gasteiger partial charge in [-0.3, -0.25) is 4.98 Å². The quantitative estimate of drug-likeness (QED) is 0.760. The molecule has 3 heteroatoms. The summed E-state index contributed by atoms with van der Waals surface area (Å²) >= 11 is 0. The fourth-order valence-corrected chi connectivity index (χ4v) is 2.85. The first-order valence-corrected chi connectivity index (χ1v) is 7.47. The maximum absolute atomic E-state index is 5.93. The number of aromatic nitrogens is 1. The lowest BCUT2D eigenvalue weighted by Gasteiger charge is -2.07. The highest BCUT2D eigenvalue weighted by Crippen LogP contribution is 2.47. The molecule has 2 unspecified atom stereocenters. The molecule has 0 saturated heterocycles. The van der Waals surface area contributed by atoms with Crippen LogP contribution in [0.2, 0.25) is 0 Å². The number of nitrogens with one attached hydrogen (secondary N) is 1. The summed E-state index contributed by atoms with van der Waals surface area (Å²) in [6.45, 7) is 2.98. The summed E-state index contributed by atoms with van der Waals surface area (Å²) in [6, 6.07) is 14.4. The molecular formula is C18H18N2O. The SMILES string of the molecule is CC1CC1c1ccc(CNc2cccc3ncccc23)o1. The highest BCUT2D eigenvalue weighted by atomic mass is 16.3. The van der Waals surface area contributed by atoms with E-state index in [9.17, 15) is 0 Å². The van der Waals surface area contributed by atoms with Gasteiger partial charge in [0.05, 0.1) is 12.1 Å². The fraction of sp³-hybridized carbons (Fsp3) is 0.278. The van der Waals surface area contributed by atoms with Gasteiger partial charge in [-0.05, 0) is 48.7 Å². The van der Waals surface area contributed by atoms with Crippen LogP contribution in [0.25, 0.3) is 10.9 Å². The summed E-state index contributed by atoms with van der Waals surface area (Å²) in [5.41, 5.74) is 2.10. The molecule has 0 spiro atoms. The van der Waals surface area contributed by atoms with Gasteiger partial charge in [-0.25, -0.2) is 0 Å². The van der Waals surface area contributed by atoms with Gasteiger partial charge in [0.25, 0.3) is 0 Å². The summed E-state index contributed by atoms with van der Waals surface area (Å²) in [7, 11) is 0. The minimum absolute atomic E-state index is 0.639. The van der Waals surface area contributed by atoms with Crippen molar-refractivity contribution in [2.45, 2.75) is 25.8 Å². The van der Waals surface area contributed by atoms with E-state index in [1.54, 1.807) is 0 Å². The van der Waals surface area contributed by atoms with Crippen LogP contribution in [0.15, 0.2) is 53.1 Å². The molecule has 1 aliphatic rings. The number of nitrogens with zero attached hydrogens (tertiary/aromatic N) is 1. The molecule has 106 valence electrons. The van der Waals surface area contributed by atoms with Gasteiger partial charge < -0.3 is 9.73 Å². The Morgan fingerprint density at radius 2 is 2.10 bits per heavy atom. The predicted molar refractivity (Wildman–Crippen MR) is 84.3 cm³/mol. The van der Waals surface area contributed by atoms with Gasteiger partial charge in [-0.1, -0.05) is 13.0 Å². The number of hydrogen-bond donors (Lipinski definition) is 1. The van der Waals surface area contributed by atoms with E-state index in [1.807, 2.05) is 24.4 Å². The molecule has 3 aromatic rings. The highest BCUT2D eigenvalue weighted by Gasteiger charge is 2.36. The number of hydrogen-bond acceptors (Lipinski definition) is 3. The average Bonchev–Trinajstić information content (AvgIpc) is 3.07. The van der Waals surface area contributed by atoms with E-state index < -0.39 is 0 Å². The molecule has 2 heterocycles. The van der Waals surface area contributed by atoms with Crippen LogP contribution in [0.3, 0.4) is 0 Å². The maximum Gasteiger partial charge on any atom is 0.123 e. The molecule has 0 amide bonds. The standard InChI is InChI=1S/C18H18N2O/c1-12-10-15(12)18-8-7-13(21-18)11-20-17-6-2-5-16-14(17)4-3-9-19-16/h2-9,12,15,20H,10-11H2,1H3. The average molecular weight is 278 g/mol. The lowest BCUT2D eigenvalue weighted by molar-refractivity contribution is 0.468. The van der Waals surface area contributed by atoms with Crippen LogP contribution in [0.5, 0.6) is 0 Å². The van der Waals surface area contributed by atoms with E-state index >= 15 is 0 Å². The molecule has 2 atom stereocenters. The Morgan fingerprint density at radius 3 is 2.95 bits per heavy atom. The highest BCUT2D eigenvalue weighted by molar-refractivity contribution is 5.91. The number of pyridine rings is 1. The second-order valence-corrected chi connectivity index (χ2v) is 5.85. The molecule has 4 rings (SSSR count). The van der Waals surface area contributed by atoms with Crippen LogP contribution in [0.4, 0.5) is 5.69 Å². The van der Waals surface area contributed by atoms with E-state index in [2.05, 4.69) is 41.5 Å². The second kappa shape index (κ2) is 4.92. The molecule has 21 heavy (non-hydrogen) atoms. The number of rotatable bonds is 4. The Balaban J connectivity index is 1.52. The smallest absolute Gasteiger partial charge is 0.123 e. The zero-order valence-corrected chi connectivity index (χ0v) is 12.0. The molecule has 1 fully saturated rings. The summed E-state index contributed by atoms with van der Waals surface area (Å²) in [6.07, 6.45) is 3.08. The number of anilines is 1. The van der Waals surface area contributed by atoms with Gasteiger partial charge in [0.2, 0.25) is 0 Å². The van der Waals surface area contributed by atoms with Crippen LogP contribution in [-0.2, 0) is 6.54 Å². The number of fused-ring (bicyclic) bond motifs is 1. The Labute approximate surface area is 124 Å². The van der Waals surface area contributed by atoms with E-state index in [1.165, 1.54) is 6.42 Å². The lowest BCUT2D eigenvalue weighted by Crippen LogP contribution is -1.99. The van der Waals surface area contributed by atoms with Gasteiger partial charge in [0, 0.05) is 23.2 Å². The Morgan fingerprint density at radius 1 is 1.19 bits per heavy atom. The third-order valence-electron chi connectivity index (χ3n) is 4.26. The van der Waals surface area contributed by atoms with Crippen molar-refractivity contribution in [3.63, 3.8) is 0 Å². The Kier molecular flexibility index (Phi) is 2.92. The van der Waals surface area contributed by atoms with Crippen molar-refractivity contribution >= 4 is 16.6 Å². The fourth-order valence-electron chi connectivity index (χ4n) is 2.85. The topological polar surface area (TPSA) is 38.1 Å². The molecule has 0 radical (unpaired) electrons. The third kappa shape index (κ3) is 2.40. The molecule has 3 nitrogen and oxygen atoms in total. The van der Waals surface area contributed by atoms with Crippen molar-refractivity contribution < 1.29 is 4.42 Å². The van der Waals surface area contributed by atoms with Crippen molar-refractivity contribution in [3.05, 3.63) is 60.2 Å². The van der Waals surface area contributed by atoms with Crippen molar-refractivity contribution in [1.29, 1.82) is 0 Å². The molecule has 1 saturated carbocycles. The molecule has 0 aliphatic heterocycles. The zero-order valence-electron chi connectivity index (χ0n) is 12.0. The van der Waals surface area contributed by atoms with Crippen molar-refractivity contribution in [2.24, 2.45) is 5.92 Å². The monoisotopic (exact) mass is 278 g/mol. The first-order chi connectivity index (χ1) is 10.3. The summed E-state index contributed by atoms with van der Waals surface area (Å²) in [5, 5.41) is 4.60. The van der Waals surface area contributed by atoms with Crippen LogP contribution >= 0.6 is 0 Å². The minimum atomic E-state index is 0.639. The van der Waals surface area contributed by atoms with Crippen LogP contribution < -0.4 is 5.32 Å².